The van der Waals surface area contributed by atoms with Crippen molar-refractivity contribution >= 4 is 5.69 Å². The van der Waals surface area contributed by atoms with E-state index in [0.29, 0.717) is 0 Å². The molecule has 0 bridgehead atoms. The smallest absolute Gasteiger partial charge is 0.123 e. The Morgan fingerprint density at radius 3 is 2.50 bits per heavy atom. The number of anilines is 1. The molecule has 2 nitrogen and oxygen atoms in total. The zero-order valence-corrected chi connectivity index (χ0v) is 18.6. The maximum Gasteiger partial charge on any atom is 0.123 e. The highest BCUT2D eigenvalue weighted by molar-refractivity contribution is 5.59. The number of hydrogen-bond donors (Lipinski definition) is 1. The molecule has 1 N–H and O–H groups in total. The summed E-state index contributed by atoms with van der Waals surface area (Å²) >= 11 is 0. The van der Waals surface area contributed by atoms with Crippen LogP contribution in [0.15, 0.2) is 61.0 Å². The second kappa shape index (κ2) is 8.79. The highest BCUT2D eigenvalue weighted by Gasteiger charge is 2.37. The molecule has 3 rings (SSSR count). The molecule has 0 spiro atoms. The first kappa shape index (κ1) is 21.7. The van der Waals surface area contributed by atoms with Crippen molar-refractivity contribution in [3.8, 4) is 11.8 Å². The molecule has 0 radical (unpaired) electrons. The molecule has 1 heterocycles. The second-order valence-electron chi connectivity index (χ2n) is 8.34. The van der Waals surface area contributed by atoms with Crippen molar-refractivity contribution in [2.45, 2.75) is 46.1 Å². The first-order chi connectivity index (χ1) is 14.2. The Labute approximate surface area is 180 Å². The molecule has 156 valence electrons. The number of benzene rings is 2. The lowest BCUT2D eigenvalue weighted by atomic mass is 9.75. The number of aryl methyl sites for hydroxylation is 3. The quantitative estimate of drug-likeness (QED) is 0.631. The Morgan fingerprint density at radius 2 is 1.87 bits per heavy atom. The first-order valence-electron chi connectivity index (χ1n) is 10.4. The van der Waals surface area contributed by atoms with Crippen LogP contribution in [-0.2, 0) is 0 Å². The van der Waals surface area contributed by atoms with E-state index in [0.717, 1.165) is 34.6 Å². The van der Waals surface area contributed by atoms with Crippen LogP contribution in [0.1, 0.15) is 41.5 Å². The minimum atomic E-state index is -0.209. The van der Waals surface area contributed by atoms with Crippen molar-refractivity contribution in [1.29, 1.82) is 0 Å². The minimum Gasteiger partial charge on any atom is -0.375 e. The van der Waals surface area contributed by atoms with Gasteiger partial charge in [0.1, 0.15) is 5.82 Å². The Balaban J connectivity index is 2.02. The molecule has 2 aromatic carbocycles. The van der Waals surface area contributed by atoms with Gasteiger partial charge in [0.25, 0.3) is 0 Å². The molecule has 0 saturated carbocycles. The van der Waals surface area contributed by atoms with Gasteiger partial charge in [-0.15, -0.1) is 5.92 Å². The van der Waals surface area contributed by atoms with Crippen LogP contribution in [-0.4, -0.2) is 13.1 Å². The van der Waals surface area contributed by atoms with E-state index >= 15 is 0 Å². The monoisotopic (exact) mass is 402 g/mol. The fourth-order valence-electron chi connectivity index (χ4n) is 4.56. The van der Waals surface area contributed by atoms with E-state index in [4.69, 9.17) is 0 Å². The average Bonchev–Trinajstić information content (AvgIpc) is 2.66. The van der Waals surface area contributed by atoms with Gasteiger partial charge in [0, 0.05) is 36.0 Å². The second-order valence-corrected chi connectivity index (χ2v) is 8.34. The molecule has 30 heavy (non-hydrogen) atoms. The van der Waals surface area contributed by atoms with E-state index in [1.54, 1.807) is 12.1 Å². The topological polar surface area (TPSA) is 15.3 Å². The predicted molar refractivity (Wildman–Crippen MR) is 125 cm³/mol. The molecule has 1 aliphatic heterocycles. The number of nitrogens with one attached hydrogen (secondary N) is 1. The van der Waals surface area contributed by atoms with Gasteiger partial charge in [0.15, 0.2) is 0 Å². The van der Waals surface area contributed by atoms with Gasteiger partial charge in [-0.3, -0.25) is 0 Å². The van der Waals surface area contributed by atoms with E-state index in [-0.39, 0.29) is 23.7 Å². The highest BCUT2D eigenvalue weighted by atomic mass is 19.1. The highest BCUT2D eigenvalue weighted by Crippen LogP contribution is 2.42. The van der Waals surface area contributed by atoms with Crippen LogP contribution in [0, 0.1) is 44.3 Å². The molecular weight excluding hydrogens is 371 g/mol. The molecule has 0 aromatic heterocycles. The molecule has 2 aromatic rings. The fraction of sp³-hybridized carbons (Fsp3) is 0.333. The molecular formula is C27H31FN2. The summed E-state index contributed by atoms with van der Waals surface area (Å²) in [4.78, 5) is 2.14. The zero-order chi connectivity index (χ0) is 22.0. The van der Waals surface area contributed by atoms with Crippen molar-refractivity contribution in [2.24, 2.45) is 5.92 Å². The SMILES string of the molecule is C=C1NC(C#CC)CC(c2cc(C)cc(F)c2)C1C(=C)N(C)c1ccc(C)cc1C. The van der Waals surface area contributed by atoms with Crippen molar-refractivity contribution in [3.05, 3.63) is 89.0 Å². The lowest BCUT2D eigenvalue weighted by molar-refractivity contribution is 0.385. The van der Waals surface area contributed by atoms with Crippen molar-refractivity contribution < 1.29 is 4.39 Å². The molecule has 1 fully saturated rings. The van der Waals surface area contributed by atoms with Crippen molar-refractivity contribution in [1.82, 2.24) is 5.32 Å². The number of piperidine rings is 1. The van der Waals surface area contributed by atoms with Gasteiger partial charge in [-0.2, -0.15) is 0 Å². The summed E-state index contributed by atoms with van der Waals surface area (Å²) in [6.07, 6.45) is 0.771. The lowest BCUT2D eigenvalue weighted by Crippen LogP contribution is -2.43. The van der Waals surface area contributed by atoms with Gasteiger partial charge < -0.3 is 10.2 Å². The summed E-state index contributed by atoms with van der Waals surface area (Å²) in [5.74, 6) is 5.99. The Morgan fingerprint density at radius 1 is 1.13 bits per heavy atom. The average molecular weight is 403 g/mol. The largest absolute Gasteiger partial charge is 0.375 e. The molecule has 3 atom stereocenters. The predicted octanol–water partition coefficient (Wildman–Crippen LogP) is 6.00. The Hall–Kier alpha value is -2.99. The van der Waals surface area contributed by atoms with E-state index in [1.807, 2.05) is 20.9 Å². The molecule has 1 saturated heterocycles. The van der Waals surface area contributed by atoms with Crippen LogP contribution < -0.4 is 10.2 Å². The summed E-state index contributed by atoms with van der Waals surface area (Å²) in [7, 11) is 2.04. The van der Waals surface area contributed by atoms with Crippen LogP contribution in [0.2, 0.25) is 0 Å². The van der Waals surface area contributed by atoms with Gasteiger partial charge in [-0.05, 0) is 69.0 Å². The third kappa shape index (κ3) is 4.44. The van der Waals surface area contributed by atoms with Gasteiger partial charge in [0.05, 0.1) is 6.04 Å². The van der Waals surface area contributed by atoms with Crippen molar-refractivity contribution in [3.63, 3.8) is 0 Å². The summed E-state index contributed by atoms with van der Waals surface area (Å²) in [6.45, 7) is 16.7. The first-order valence-corrected chi connectivity index (χ1v) is 10.4. The Bertz CT molecular complexity index is 1020. The molecule has 3 unspecified atom stereocenters. The van der Waals surface area contributed by atoms with Crippen LogP contribution in [0.5, 0.6) is 0 Å². The van der Waals surface area contributed by atoms with Crippen LogP contribution in [0.4, 0.5) is 10.1 Å². The van der Waals surface area contributed by atoms with E-state index in [2.05, 4.69) is 73.3 Å². The van der Waals surface area contributed by atoms with Gasteiger partial charge in [-0.25, -0.2) is 4.39 Å². The zero-order valence-electron chi connectivity index (χ0n) is 18.6. The van der Waals surface area contributed by atoms with E-state index < -0.39 is 0 Å². The number of hydrogen-bond acceptors (Lipinski definition) is 2. The van der Waals surface area contributed by atoms with Crippen LogP contribution >= 0.6 is 0 Å². The third-order valence-corrected chi connectivity index (χ3v) is 5.94. The lowest BCUT2D eigenvalue weighted by Gasteiger charge is -2.41. The van der Waals surface area contributed by atoms with Crippen LogP contribution in [0.25, 0.3) is 0 Å². The maximum atomic E-state index is 14.3. The van der Waals surface area contributed by atoms with Gasteiger partial charge in [-0.1, -0.05) is 42.8 Å². The summed E-state index contributed by atoms with van der Waals surface area (Å²) in [5, 5.41) is 3.46. The molecule has 1 aliphatic rings. The normalized spacial score (nSPS) is 20.7. The van der Waals surface area contributed by atoms with E-state index in [9.17, 15) is 4.39 Å². The number of halogens is 1. The number of rotatable bonds is 4. The standard InChI is InChI=1S/C27H31FN2/c1-8-9-24-16-25(22-13-18(3)14-23(28)15-22)27(20(5)29-24)21(6)30(7)26-11-10-17(2)12-19(26)4/h10-15,24-25,27,29H,5-6,16H2,1-4,7H3. The van der Waals surface area contributed by atoms with E-state index in [1.165, 1.54) is 11.1 Å². The minimum absolute atomic E-state index is 0.00783. The molecule has 0 aliphatic carbocycles. The van der Waals surface area contributed by atoms with Gasteiger partial charge in [0.2, 0.25) is 0 Å². The maximum absolute atomic E-state index is 14.3. The van der Waals surface area contributed by atoms with Gasteiger partial charge >= 0.3 is 0 Å². The molecule has 0 amide bonds. The summed E-state index contributed by atoms with van der Waals surface area (Å²) < 4.78 is 14.3. The third-order valence-electron chi connectivity index (χ3n) is 5.94. The van der Waals surface area contributed by atoms with Crippen LogP contribution in [0.3, 0.4) is 0 Å². The fourth-order valence-corrected chi connectivity index (χ4v) is 4.56. The summed E-state index contributed by atoms with van der Waals surface area (Å²) in [5.41, 5.74) is 7.24. The Kier molecular flexibility index (Phi) is 6.37. The molecule has 3 heteroatoms. The van der Waals surface area contributed by atoms with Crippen molar-refractivity contribution in [2.75, 3.05) is 11.9 Å². The number of nitrogens with zero attached hydrogens (tertiary/aromatic N) is 1. The summed E-state index contributed by atoms with van der Waals surface area (Å²) in [6, 6.07) is 11.7.